The minimum atomic E-state index is -3.74. The molecule has 4 rings (SSSR count). The minimum Gasteiger partial charge on any atom is -0.490 e. The van der Waals surface area contributed by atoms with Crippen molar-refractivity contribution in [3.05, 3.63) is 83.4 Å². The highest BCUT2D eigenvalue weighted by Crippen LogP contribution is 2.31. The van der Waals surface area contributed by atoms with Gasteiger partial charge in [-0.3, -0.25) is 4.79 Å². The lowest BCUT2D eigenvalue weighted by molar-refractivity contribution is 0.0967. The number of carbonyl (C=O) groups is 2. The van der Waals surface area contributed by atoms with Crippen LogP contribution in [0.1, 0.15) is 59.7 Å². The molecule has 0 aromatic heterocycles. The van der Waals surface area contributed by atoms with E-state index in [0.717, 1.165) is 55.1 Å². The fourth-order valence-corrected chi connectivity index (χ4v) is 5.49. The molecule has 1 saturated carbocycles. The summed E-state index contributed by atoms with van der Waals surface area (Å²) in [7, 11) is -3.74. The third-order valence-corrected chi connectivity index (χ3v) is 7.82. The van der Waals surface area contributed by atoms with Gasteiger partial charge in [-0.05, 0) is 78.6 Å². The Morgan fingerprint density at radius 3 is 2.36 bits per heavy atom. The molecule has 0 saturated heterocycles. The van der Waals surface area contributed by atoms with Crippen molar-refractivity contribution in [3.8, 4) is 16.9 Å². The van der Waals surface area contributed by atoms with Crippen LogP contribution >= 0.6 is 0 Å². The van der Waals surface area contributed by atoms with Crippen LogP contribution in [0, 0.1) is 0 Å². The number of sulfonamides is 1. The van der Waals surface area contributed by atoms with Crippen LogP contribution in [0.5, 0.6) is 5.75 Å². The number of nitrogens with zero attached hydrogens (tertiary/aromatic N) is 1. The zero-order valence-electron chi connectivity index (χ0n) is 23.5. The molecule has 0 unspecified atom stereocenters. The fourth-order valence-electron chi connectivity index (χ4n) is 5.05. The number of aliphatic hydroxyl groups excluding tert-OH is 1. The molecule has 0 heterocycles. The van der Waals surface area contributed by atoms with E-state index < -0.39 is 28.1 Å². The molecule has 10 nitrogen and oxygen atoms in total. The normalized spacial score (nSPS) is 14.6. The second kappa shape index (κ2) is 13.7. The van der Waals surface area contributed by atoms with Crippen molar-refractivity contribution < 1.29 is 33.0 Å². The van der Waals surface area contributed by atoms with E-state index in [1.807, 2.05) is 29.0 Å². The number of benzene rings is 3. The van der Waals surface area contributed by atoms with Crippen molar-refractivity contribution in [1.82, 2.24) is 9.62 Å². The summed E-state index contributed by atoms with van der Waals surface area (Å²) in [6.07, 6.45) is 4.16. The summed E-state index contributed by atoms with van der Waals surface area (Å²) in [6, 6.07) is 19.4. The van der Waals surface area contributed by atoms with Gasteiger partial charge in [0, 0.05) is 12.2 Å². The molecule has 1 aliphatic rings. The standard InChI is InChI=1S/C31H37N3O7S/c1-42(39,40)33-30(36)27-15-14-23(19-29(27)41-26-8-3-2-4-9-26)22-12-10-21(11-13-22)16-17-34(31(37)38)20-28(35)24-6-5-7-25(32)18-24/h5-7,10-15,18-19,26,28,35H,2-4,8-9,16-17,20,32H2,1H3,(H,33,36)(H,37,38)/t28-/m1/s1. The van der Waals surface area contributed by atoms with Gasteiger partial charge in [-0.25, -0.2) is 17.9 Å². The molecular weight excluding hydrogens is 558 g/mol. The number of amides is 2. The molecule has 1 fully saturated rings. The molecule has 0 aliphatic heterocycles. The van der Waals surface area contributed by atoms with Crippen molar-refractivity contribution in [2.45, 2.75) is 50.7 Å². The highest BCUT2D eigenvalue weighted by molar-refractivity contribution is 7.89. The van der Waals surface area contributed by atoms with Crippen LogP contribution in [0.4, 0.5) is 10.5 Å². The molecule has 1 atom stereocenters. The highest BCUT2D eigenvalue weighted by Gasteiger charge is 2.22. The number of carboxylic acid groups (broad SMARTS) is 1. The summed E-state index contributed by atoms with van der Waals surface area (Å²) in [5.74, 6) is -0.408. The third-order valence-electron chi connectivity index (χ3n) is 7.27. The molecule has 5 N–H and O–H groups in total. The first-order chi connectivity index (χ1) is 20.0. The predicted octanol–water partition coefficient (Wildman–Crippen LogP) is 4.59. The average molecular weight is 596 g/mol. The number of carbonyl (C=O) groups excluding carboxylic acids is 1. The van der Waals surface area contributed by atoms with E-state index in [1.54, 1.807) is 42.5 Å². The van der Waals surface area contributed by atoms with Crippen LogP contribution in [0.2, 0.25) is 0 Å². The Balaban J connectivity index is 1.47. The Morgan fingerprint density at radius 1 is 1.02 bits per heavy atom. The molecule has 3 aromatic carbocycles. The van der Waals surface area contributed by atoms with Crippen LogP contribution in [-0.4, -0.2) is 61.0 Å². The van der Waals surface area contributed by atoms with Crippen molar-refractivity contribution in [1.29, 1.82) is 0 Å². The van der Waals surface area contributed by atoms with E-state index in [4.69, 9.17) is 10.5 Å². The second-order valence-corrected chi connectivity index (χ2v) is 12.4. The van der Waals surface area contributed by atoms with E-state index >= 15 is 0 Å². The van der Waals surface area contributed by atoms with Crippen molar-refractivity contribution in [2.75, 3.05) is 25.1 Å². The first-order valence-electron chi connectivity index (χ1n) is 13.9. The van der Waals surface area contributed by atoms with Gasteiger partial charge in [-0.15, -0.1) is 0 Å². The Bertz CT molecular complexity index is 1500. The number of rotatable bonds is 11. The topological polar surface area (TPSA) is 159 Å². The molecule has 2 amide bonds. The van der Waals surface area contributed by atoms with Crippen LogP contribution < -0.4 is 15.2 Å². The predicted molar refractivity (Wildman–Crippen MR) is 161 cm³/mol. The molecule has 3 aromatic rings. The van der Waals surface area contributed by atoms with E-state index in [0.29, 0.717) is 23.4 Å². The molecule has 0 spiro atoms. The number of nitrogens with two attached hydrogens (primary N) is 1. The van der Waals surface area contributed by atoms with E-state index in [9.17, 15) is 28.2 Å². The van der Waals surface area contributed by atoms with Gasteiger partial charge in [-0.2, -0.15) is 0 Å². The number of hydrogen-bond donors (Lipinski definition) is 4. The summed E-state index contributed by atoms with van der Waals surface area (Å²) in [5.41, 5.74) is 9.54. The van der Waals surface area contributed by atoms with Gasteiger partial charge < -0.3 is 25.6 Å². The smallest absolute Gasteiger partial charge is 0.407 e. The Labute approximate surface area is 246 Å². The molecule has 224 valence electrons. The lowest BCUT2D eigenvalue weighted by atomic mass is 9.97. The number of hydrogen-bond acceptors (Lipinski definition) is 7. The number of ether oxygens (including phenoxy) is 1. The SMILES string of the molecule is CS(=O)(=O)NC(=O)c1ccc(-c2ccc(CCN(C[C@@H](O)c3cccc(N)c3)C(=O)O)cc2)cc1OC1CCCCC1. The van der Waals surface area contributed by atoms with Gasteiger partial charge in [0.25, 0.3) is 5.91 Å². The van der Waals surface area contributed by atoms with Crippen molar-refractivity contribution in [2.24, 2.45) is 0 Å². The van der Waals surface area contributed by atoms with Gasteiger partial charge in [0.2, 0.25) is 10.0 Å². The van der Waals surface area contributed by atoms with Gasteiger partial charge >= 0.3 is 6.09 Å². The van der Waals surface area contributed by atoms with Crippen molar-refractivity contribution >= 4 is 27.7 Å². The Hall–Kier alpha value is -4.09. The highest BCUT2D eigenvalue weighted by atomic mass is 32.2. The average Bonchev–Trinajstić information content (AvgIpc) is 2.95. The van der Waals surface area contributed by atoms with E-state index in [2.05, 4.69) is 0 Å². The number of aliphatic hydroxyl groups is 1. The molecule has 0 radical (unpaired) electrons. The third kappa shape index (κ3) is 8.70. The molecular formula is C31H37N3O7S. The van der Waals surface area contributed by atoms with Crippen LogP contribution in [-0.2, 0) is 16.4 Å². The van der Waals surface area contributed by atoms with E-state index in [-0.39, 0.29) is 24.8 Å². The lowest BCUT2D eigenvalue weighted by Gasteiger charge is -2.24. The van der Waals surface area contributed by atoms with Crippen LogP contribution in [0.15, 0.2) is 66.7 Å². The van der Waals surface area contributed by atoms with Gasteiger partial charge in [0.1, 0.15) is 5.75 Å². The molecule has 11 heteroatoms. The quantitative estimate of drug-likeness (QED) is 0.234. The lowest BCUT2D eigenvalue weighted by Crippen LogP contribution is -2.35. The van der Waals surface area contributed by atoms with Crippen molar-refractivity contribution in [3.63, 3.8) is 0 Å². The van der Waals surface area contributed by atoms with Gasteiger partial charge in [0.05, 0.1) is 30.6 Å². The second-order valence-electron chi connectivity index (χ2n) is 10.7. The first-order valence-corrected chi connectivity index (χ1v) is 15.8. The Morgan fingerprint density at radius 2 is 1.71 bits per heavy atom. The number of nitrogen functional groups attached to an aromatic ring is 1. The fraction of sp³-hybridized carbons (Fsp3) is 0.355. The maximum atomic E-state index is 12.7. The molecule has 0 bridgehead atoms. The zero-order valence-corrected chi connectivity index (χ0v) is 24.3. The summed E-state index contributed by atoms with van der Waals surface area (Å²) in [5, 5.41) is 20.2. The summed E-state index contributed by atoms with van der Waals surface area (Å²) in [6.45, 7) is 0.109. The molecule has 1 aliphatic carbocycles. The minimum absolute atomic E-state index is 0.0453. The summed E-state index contributed by atoms with van der Waals surface area (Å²) in [4.78, 5) is 25.7. The first kappa shape index (κ1) is 30.9. The van der Waals surface area contributed by atoms with Gasteiger partial charge in [0.15, 0.2) is 0 Å². The van der Waals surface area contributed by atoms with Crippen LogP contribution in [0.3, 0.4) is 0 Å². The Kier molecular flexibility index (Phi) is 10.1. The number of nitrogens with one attached hydrogen (secondary N) is 1. The maximum Gasteiger partial charge on any atom is 0.407 e. The summed E-state index contributed by atoms with van der Waals surface area (Å²) < 4.78 is 31.6. The van der Waals surface area contributed by atoms with Crippen LogP contribution in [0.25, 0.3) is 11.1 Å². The largest absolute Gasteiger partial charge is 0.490 e. The maximum absolute atomic E-state index is 12.7. The summed E-state index contributed by atoms with van der Waals surface area (Å²) >= 11 is 0. The van der Waals surface area contributed by atoms with Gasteiger partial charge in [-0.1, -0.05) is 48.9 Å². The van der Waals surface area contributed by atoms with E-state index in [1.165, 1.54) is 4.90 Å². The molecule has 42 heavy (non-hydrogen) atoms. The zero-order chi connectivity index (χ0) is 30.3. The monoisotopic (exact) mass is 595 g/mol. The number of anilines is 1.